The number of anilines is 1. The van der Waals surface area contributed by atoms with E-state index in [2.05, 4.69) is 20.5 Å². The van der Waals surface area contributed by atoms with Gasteiger partial charge in [0.25, 0.3) is 0 Å². The fourth-order valence-electron chi connectivity index (χ4n) is 3.21. The number of hydrogen-bond acceptors (Lipinski definition) is 3. The molecule has 7 nitrogen and oxygen atoms in total. The second-order valence-corrected chi connectivity index (χ2v) is 7.37. The normalized spacial score (nSPS) is 17.7. The Balaban J connectivity index is 1.88. The Kier molecular flexibility index (Phi) is 7.64. The monoisotopic (exact) mass is 373 g/mol. The van der Waals surface area contributed by atoms with Crippen LogP contribution in [0.5, 0.6) is 0 Å². The summed E-state index contributed by atoms with van der Waals surface area (Å²) in [7, 11) is 1.77. The van der Waals surface area contributed by atoms with Crippen LogP contribution >= 0.6 is 0 Å². The van der Waals surface area contributed by atoms with Gasteiger partial charge in [-0.15, -0.1) is 0 Å². The largest absolute Gasteiger partial charge is 0.370 e. The molecule has 148 valence electrons. The first-order valence-corrected chi connectivity index (χ1v) is 9.52. The van der Waals surface area contributed by atoms with Crippen LogP contribution in [-0.4, -0.2) is 42.8 Å². The maximum atomic E-state index is 11.7. The number of nitrogens with zero attached hydrogens (tertiary/aromatic N) is 2. The second kappa shape index (κ2) is 9.94. The van der Waals surface area contributed by atoms with Gasteiger partial charge in [-0.25, -0.2) is 0 Å². The molecule has 1 aliphatic heterocycles. The average molecular weight is 374 g/mol. The molecule has 2 amide bonds. The molecule has 1 heterocycles. The van der Waals surface area contributed by atoms with Crippen LogP contribution < -0.4 is 16.4 Å². The van der Waals surface area contributed by atoms with E-state index >= 15 is 0 Å². The van der Waals surface area contributed by atoms with Crippen molar-refractivity contribution in [2.75, 3.05) is 25.5 Å². The Morgan fingerprint density at radius 3 is 2.59 bits per heavy atom. The summed E-state index contributed by atoms with van der Waals surface area (Å²) < 4.78 is 0. The molecule has 27 heavy (non-hydrogen) atoms. The molecule has 2 rings (SSSR count). The fraction of sp³-hybridized carbons (Fsp3) is 0.550. The Bertz CT molecular complexity index is 669. The number of piperidine rings is 1. The number of likely N-dealkylation sites (tertiary alicyclic amines) is 1. The van der Waals surface area contributed by atoms with Crippen molar-refractivity contribution in [3.63, 3.8) is 0 Å². The van der Waals surface area contributed by atoms with Crippen LogP contribution in [0.15, 0.2) is 29.3 Å². The van der Waals surface area contributed by atoms with Gasteiger partial charge in [-0.2, -0.15) is 0 Å². The Morgan fingerprint density at radius 1 is 1.30 bits per heavy atom. The minimum absolute atomic E-state index is 0.0110. The minimum atomic E-state index is -0.241. The minimum Gasteiger partial charge on any atom is -0.370 e. The molecular formula is C20H31N5O2. The van der Waals surface area contributed by atoms with E-state index in [1.54, 1.807) is 7.05 Å². The summed E-state index contributed by atoms with van der Waals surface area (Å²) in [6, 6.07) is 7.79. The summed E-state index contributed by atoms with van der Waals surface area (Å²) in [5, 5.41) is 6.27. The molecule has 0 saturated carbocycles. The van der Waals surface area contributed by atoms with Gasteiger partial charge < -0.3 is 21.3 Å². The van der Waals surface area contributed by atoms with E-state index in [0.29, 0.717) is 18.9 Å². The first-order chi connectivity index (χ1) is 12.9. The molecular weight excluding hydrogens is 342 g/mol. The Labute approximate surface area is 161 Å². The van der Waals surface area contributed by atoms with Gasteiger partial charge in [0.2, 0.25) is 11.8 Å². The van der Waals surface area contributed by atoms with Gasteiger partial charge in [0.1, 0.15) is 0 Å². The highest BCUT2D eigenvalue weighted by Crippen LogP contribution is 2.19. The van der Waals surface area contributed by atoms with E-state index in [-0.39, 0.29) is 17.7 Å². The van der Waals surface area contributed by atoms with Crippen LogP contribution in [0.25, 0.3) is 0 Å². The van der Waals surface area contributed by atoms with Crippen molar-refractivity contribution in [1.29, 1.82) is 0 Å². The van der Waals surface area contributed by atoms with E-state index < -0.39 is 0 Å². The first kappa shape index (κ1) is 20.7. The molecule has 1 atom stereocenters. The lowest BCUT2D eigenvalue weighted by atomic mass is 9.95. The zero-order valence-corrected chi connectivity index (χ0v) is 16.5. The van der Waals surface area contributed by atoms with E-state index in [9.17, 15) is 9.59 Å². The molecule has 1 aromatic rings. The van der Waals surface area contributed by atoms with Gasteiger partial charge in [0.05, 0.1) is 0 Å². The lowest BCUT2D eigenvalue weighted by Crippen LogP contribution is -2.46. The molecule has 4 N–H and O–H groups in total. The highest BCUT2D eigenvalue weighted by molar-refractivity contribution is 5.92. The molecule has 0 aromatic heterocycles. The van der Waals surface area contributed by atoms with Crippen molar-refractivity contribution in [3.05, 3.63) is 29.8 Å². The number of rotatable bonds is 6. The van der Waals surface area contributed by atoms with E-state index in [1.165, 1.54) is 0 Å². The first-order valence-electron chi connectivity index (χ1n) is 9.52. The van der Waals surface area contributed by atoms with Crippen molar-refractivity contribution in [2.45, 2.75) is 39.7 Å². The van der Waals surface area contributed by atoms with Crippen LogP contribution in [0.1, 0.15) is 38.7 Å². The molecule has 0 spiro atoms. The van der Waals surface area contributed by atoms with E-state index in [4.69, 9.17) is 5.73 Å². The predicted octanol–water partition coefficient (Wildman–Crippen LogP) is 1.94. The van der Waals surface area contributed by atoms with Gasteiger partial charge in [-0.3, -0.25) is 14.6 Å². The summed E-state index contributed by atoms with van der Waals surface area (Å²) in [6.07, 6.45) is 2.49. The van der Waals surface area contributed by atoms with E-state index in [1.807, 2.05) is 38.1 Å². The Morgan fingerprint density at radius 2 is 2.00 bits per heavy atom. The summed E-state index contributed by atoms with van der Waals surface area (Å²) in [5.74, 6) is 0.851. The van der Waals surface area contributed by atoms with Crippen molar-refractivity contribution in [1.82, 2.24) is 10.2 Å². The van der Waals surface area contributed by atoms with Crippen molar-refractivity contribution >= 4 is 23.5 Å². The second-order valence-electron chi connectivity index (χ2n) is 7.37. The molecule has 1 unspecified atom stereocenters. The highest BCUT2D eigenvalue weighted by atomic mass is 16.2. The third-order valence-corrected chi connectivity index (χ3v) is 4.72. The molecule has 1 saturated heterocycles. The number of nitrogens with two attached hydrogens (primary N) is 1. The number of amides is 2. The summed E-state index contributed by atoms with van der Waals surface area (Å²) >= 11 is 0. The van der Waals surface area contributed by atoms with Gasteiger partial charge in [0.15, 0.2) is 5.96 Å². The summed E-state index contributed by atoms with van der Waals surface area (Å²) in [5.41, 5.74) is 7.24. The lowest BCUT2D eigenvalue weighted by molar-refractivity contribution is -0.119. The third kappa shape index (κ3) is 6.58. The van der Waals surface area contributed by atoms with E-state index in [0.717, 1.165) is 43.1 Å². The maximum Gasteiger partial charge on any atom is 0.226 e. The molecule has 1 aromatic carbocycles. The number of hydrogen-bond donors (Lipinski definition) is 3. The van der Waals surface area contributed by atoms with Crippen molar-refractivity contribution in [3.8, 4) is 0 Å². The topological polar surface area (TPSA) is 99.8 Å². The molecule has 7 heteroatoms. The molecule has 0 aliphatic carbocycles. The SMILES string of the molecule is CN=C(NCc1ccc(NC(=O)C(C)C)cc1)N1CCCC(CC(N)=O)C1. The number of benzene rings is 1. The summed E-state index contributed by atoms with van der Waals surface area (Å²) in [4.78, 5) is 29.5. The zero-order chi connectivity index (χ0) is 19.8. The summed E-state index contributed by atoms with van der Waals surface area (Å²) in [6.45, 7) is 6.10. The number of primary amides is 1. The molecule has 1 fully saturated rings. The molecule has 0 radical (unpaired) electrons. The standard InChI is InChI=1S/C20H31N5O2/c1-14(2)19(27)24-17-8-6-15(7-9-17)12-23-20(22-3)25-10-4-5-16(13-25)11-18(21)26/h6-9,14,16H,4-5,10-13H2,1-3H3,(H2,21,26)(H,22,23)(H,24,27). The number of aliphatic imine (C=N–C) groups is 1. The van der Waals surface area contributed by atoms with Crippen LogP contribution in [0.2, 0.25) is 0 Å². The number of guanidine groups is 1. The van der Waals surface area contributed by atoms with Crippen molar-refractivity contribution in [2.24, 2.45) is 22.6 Å². The van der Waals surface area contributed by atoms with Gasteiger partial charge in [-0.1, -0.05) is 26.0 Å². The van der Waals surface area contributed by atoms with Crippen LogP contribution in [0.3, 0.4) is 0 Å². The highest BCUT2D eigenvalue weighted by Gasteiger charge is 2.23. The molecule has 0 bridgehead atoms. The fourth-order valence-corrected chi connectivity index (χ4v) is 3.21. The van der Waals surface area contributed by atoms with Gasteiger partial charge in [0, 0.05) is 44.7 Å². The average Bonchev–Trinajstić information content (AvgIpc) is 2.63. The third-order valence-electron chi connectivity index (χ3n) is 4.72. The number of carbonyl (C=O) groups is 2. The van der Waals surface area contributed by atoms with Crippen LogP contribution in [0.4, 0.5) is 5.69 Å². The smallest absolute Gasteiger partial charge is 0.226 e. The van der Waals surface area contributed by atoms with Gasteiger partial charge in [-0.05, 0) is 36.5 Å². The van der Waals surface area contributed by atoms with Crippen molar-refractivity contribution < 1.29 is 9.59 Å². The lowest BCUT2D eigenvalue weighted by Gasteiger charge is -2.34. The molecule has 1 aliphatic rings. The van der Waals surface area contributed by atoms with Crippen LogP contribution in [0, 0.1) is 11.8 Å². The predicted molar refractivity (Wildman–Crippen MR) is 108 cm³/mol. The Hall–Kier alpha value is -2.57. The number of carbonyl (C=O) groups excluding carboxylic acids is 2. The van der Waals surface area contributed by atoms with Crippen LogP contribution in [-0.2, 0) is 16.1 Å². The zero-order valence-electron chi connectivity index (χ0n) is 16.5. The number of nitrogens with one attached hydrogen (secondary N) is 2. The van der Waals surface area contributed by atoms with Gasteiger partial charge >= 0.3 is 0 Å². The maximum absolute atomic E-state index is 11.7. The quantitative estimate of drug-likeness (QED) is 0.524.